The second-order valence-electron chi connectivity index (χ2n) is 0. The fourth-order valence-corrected chi connectivity index (χ4v) is 0. The van der Waals surface area contributed by atoms with Crippen molar-refractivity contribution in [2.45, 2.75) is 0 Å². The van der Waals surface area contributed by atoms with Gasteiger partial charge in [0.1, 0.15) is 0 Å². The van der Waals surface area contributed by atoms with Crippen LogP contribution in [0.2, 0.25) is 0 Å². The Kier molecular flexibility index (Phi) is 9800. The van der Waals surface area contributed by atoms with Crippen LogP contribution in [-0.2, 0) is 15.4 Å². The van der Waals surface area contributed by atoms with Gasteiger partial charge < -0.3 is 27.4 Å². The molecule has 0 aromatic carbocycles. The Bertz CT molecular complexity index is 8.04. The van der Waals surface area contributed by atoms with Crippen molar-refractivity contribution in [3.8, 4) is 0 Å². The van der Waals surface area contributed by atoms with Gasteiger partial charge in [-0.1, -0.05) is 0 Å². The van der Waals surface area contributed by atoms with Gasteiger partial charge in [-0.2, -0.15) is 0 Å². The molecule has 10 N–H and O–H groups in total. The van der Waals surface area contributed by atoms with Crippen LogP contribution in [0.3, 0.4) is 0 Å². The molecule has 0 radical (unpaired) electrons. The van der Waals surface area contributed by atoms with Crippen LogP contribution in [-0.4, -0.2) is 27.4 Å². The molecule has 0 unspecified atom stereocenters. The van der Waals surface area contributed by atoms with E-state index in [9.17, 15) is 0 Å². The van der Waals surface area contributed by atoms with Crippen LogP contribution >= 0.6 is 10.0 Å². The van der Waals surface area contributed by atoms with Crippen molar-refractivity contribution < 1.29 is 42.7 Å². The Morgan fingerprint density at radius 1 is 0.571 bits per heavy atom. The normalized spacial score (nSPS) is 0.571. The molecule has 0 bridgehead atoms. The van der Waals surface area contributed by atoms with Gasteiger partial charge in [0.05, 0.1) is 0 Å². The number of hydrogen-bond donors (Lipinski definition) is 0. The molecule has 7 heavy (non-hydrogen) atoms. The van der Waals surface area contributed by atoms with E-state index < -0.39 is 0 Å². The summed E-state index contributed by atoms with van der Waals surface area (Å²) < 4.78 is 0. The Labute approximate surface area is 53.4 Å². The molecule has 0 saturated carbocycles. The second-order valence-corrected chi connectivity index (χ2v) is 0. The third kappa shape index (κ3) is 365. The predicted molar refractivity (Wildman–Crippen MR) is 23.9 cm³/mol. The molecule has 0 aromatic rings. The van der Waals surface area contributed by atoms with Crippen molar-refractivity contribution in [2.75, 3.05) is 0 Å². The number of hydrogen-bond acceptors (Lipinski definition) is 0. The maximum atomic E-state index is 4.51. The maximum absolute atomic E-state index is 4.51. The van der Waals surface area contributed by atoms with E-state index in [-0.39, 0.29) is 27.4 Å². The molecule has 51 valence electrons. The third-order valence-corrected chi connectivity index (χ3v) is 0. The molecule has 0 aliphatic heterocycles. The first-order chi connectivity index (χ1) is 1.00. The second kappa shape index (κ2) is 540. The average Bonchev–Trinajstić information content (AvgIpc) is 1.00. The summed E-state index contributed by atoms with van der Waals surface area (Å²) in [5.74, 6) is 0. The van der Waals surface area contributed by atoms with E-state index in [0.717, 1.165) is 0 Å². The van der Waals surface area contributed by atoms with Gasteiger partial charge in [-0.05, 0) is 0 Å². The van der Waals surface area contributed by atoms with Crippen molar-refractivity contribution in [1.29, 1.82) is 0 Å². The zero-order chi connectivity index (χ0) is 2.00. The summed E-state index contributed by atoms with van der Waals surface area (Å²) in [7, 11) is 4.51. The van der Waals surface area contributed by atoms with Crippen molar-refractivity contribution in [1.82, 2.24) is 0 Å². The SMILES string of the molecule is O.O.O.O.O.[Cl][Cr+2]. The topological polar surface area (TPSA) is 158 Å². The van der Waals surface area contributed by atoms with Crippen molar-refractivity contribution >= 4 is 10.0 Å². The first-order valence-corrected chi connectivity index (χ1v) is 1.91. The van der Waals surface area contributed by atoms with Crippen LogP contribution in [0.4, 0.5) is 0 Å². The van der Waals surface area contributed by atoms with Gasteiger partial charge in [-0.25, -0.2) is 0 Å². The Hall–Kier alpha value is 0.622. The molecule has 0 fully saturated rings. The fourth-order valence-electron chi connectivity index (χ4n) is 0. The molecule has 5 nitrogen and oxygen atoms in total. The van der Waals surface area contributed by atoms with Crippen LogP contribution < -0.4 is 0 Å². The first kappa shape index (κ1) is 127. The fraction of sp³-hybridized carbons (Fsp3) is 0. The molecule has 0 aliphatic rings. The zero-order valence-corrected chi connectivity index (χ0v) is 5.32. The van der Waals surface area contributed by atoms with Gasteiger partial charge in [-0.3, -0.25) is 0 Å². The van der Waals surface area contributed by atoms with Gasteiger partial charge >= 0.3 is 25.4 Å². The Morgan fingerprint density at radius 3 is 0.571 bits per heavy atom. The summed E-state index contributed by atoms with van der Waals surface area (Å²) in [6.45, 7) is 0. The first-order valence-electron chi connectivity index (χ1n) is 0.154. The number of rotatable bonds is 0. The molecule has 0 amide bonds. The van der Waals surface area contributed by atoms with Gasteiger partial charge in [0.25, 0.3) is 0 Å². The van der Waals surface area contributed by atoms with E-state index in [4.69, 9.17) is 0 Å². The molecule has 0 rings (SSSR count). The van der Waals surface area contributed by atoms with Crippen LogP contribution in [0.15, 0.2) is 0 Å². The van der Waals surface area contributed by atoms with Crippen LogP contribution in [0, 0.1) is 0 Å². The standard InChI is InChI=1S/ClH.Cr.5H2O/h1H;;5*1H2/q;+3;;;;;/p-1. The van der Waals surface area contributed by atoms with E-state index >= 15 is 0 Å². The van der Waals surface area contributed by atoms with Crippen LogP contribution in [0.5, 0.6) is 0 Å². The average molecular weight is 178 g/mol. The summed E-state index contributed by atoms with van der Waals surface area (Å²) in [5.41, 5.74) is 0. The molecule has 0 saturated heterocycles. The van der Waals surface area contributed by atoms with E-state index in [1.807, 2.05) is 0 Å². The van der Waals surface area contributed by atoms with E-state index in [1.165, 1.54) is 0 Å². The quantitative estimate of drug-likeness (QED) is 0.361. The molecule has 0 atom stereocenters. The zero-order valence-electron chi connectivity index (χ0n) is 3.29. The van der Waals surface area contributed by atoms with Crippen molar-refractivity contribution in [2.24, 2.45) is 0 Å². The summed E-state index contributed by atoms with van der Waals surface area (Å²) >= 11 is 2.10. The van der Waals surface area contributed by atoms with Crippen molar-refractivity contribution in [3.63, 3.8) is 0 Å². The summed E-state index contributed by atoms with van der Waals surface area (Å²) in [4.78, 5) is 0. The minimum absolute atomic E-state index is 0. The predicted octanol–water partition coefficient (Wildman–Crippen LogP) is -3.44. The monoisotopic (exact) mass is 177 g/mol. The van der Waals surface area contributed by atoms with Crippen LogP contribution in [0.25, 0.3) is 0 Å². The summed E-state index contributed by atoms with van der Waals surface area (Å²) in [6, 6.07) is 0. The Balaban J connectivity index is -0.000000000500. The molecule has 7 heteroatoms. The molecule has 0 heterocycles. The van der Waals surface area contributed by atoms with E-state index in [1.54, 1.807) is 0 Å². The molecular weight excluding hydrogens is 167 g/mol. The van der Waals surface area contributed by atoms with E-state index in [2.05, 4.69) is 25.4 Å². The van der Waals surface area contributed by atoms with Gasteiger partial charge in [-0.15, -0.1) is 0 Å². The summed E-state index contributed by atoms with van der Waals surface area (Å²) in [5, 5.41) is 0. The van der Waals surface area contributed by atoms with Crippen molar-refractivity contribution in [3.05, 3.63) is 0 Å². The van der Waals surface area contributed by atoms with Gasteiger partial charge in [0.2, 0.25) is 0 Å². The number of halogens is 1. The Morgan fingerprint density at radius 2 is 0.571 bits per heavy atom. The summed E-state index contributed by atoms with van der Waals surface area (Å²) in [6.07, 6.45) is 0. The molecule has 0 aromatic heterocycles. The van der Waals surface area contributed by atoms with Crippen LogP contribution in [0.1, 0.15) is 0 Å². The third-order valence-electron chi connectivity index (χ3n) is 0. The molecular formula is H10ClCrO5+2. The van der Waals surface area contributed by atoms with Gasteiger partial charge in [0, 0.05) is 0 Å². The van der Waals surface area contributed by atoms with Gasteiger partial charge in [0.15, 0.2) is 0 Å². The molecule has 0 aliphatic carbocycles. The molecule has 0 spiro atoms. The minimum atomic E-state index is 0. The van der Waals surface area contributed by atoms with E-state index in [0.29, 0.717) is 0 Å².